The van der Waals surface area contributed by atoms with Gasteiger partial charge in [-0.25, -0.2) is 4.79 Å². The Hall–Kier alpha value is -4.02. The fourth-order valence-electron chi connectivity index (χ4n) is 3.39. The summed E-state index contributed by atoms with van der Waals surface area (Å²) in [6.45, 7) is -0.160. The topological polar surface area (TPSA) is 154 Å². The second-order valence-corrected chi connectivity index (χ2v) is 7.68. The van der Waals surface area contributed by atoms with Crippen LogP contribution < -0.4 is 10.6 Å². The number of anilines is 1. The van der Waals surface area contributed by atoms with Crippen molar-refractivity contribution >= 4 is 23.6 Å². The van der Waals surface area contributed by atoms with Crippen molar-refractivity contribution in [1.82, 2.24) is 15.5 Å². The van der Waals surface area contributed by atoms with Gasteiger partial charge in [-0.2, -0.15) is 5.10 Å². The number of aliphatic hydroxyl groups is 1. The summed E-state index contributed by atoms with van der Waals surface area (Å²) in [5.41, 5.74) is 3.02. The molecule has 1 aromatic heterocycles. The van der Waals surface area contributed by atoms with Crippen LogP contribution in [0.25, 0.3) is 11.1 Å². The Morgan fingerprint density at radius 1 is 1.06 bits per heavy atom. The number of ether oxygens (including phenoxy) is 1. The molecule has 1 unspecified atom stereocenters. The van der Waals surface area contributed by atoms with Crippen molar-refractivity contribution in [1.29, 1.82) is 0 Å². The van der Waals surface area contributed by atoms with Crippen molar-refractivity contribution in [2.24, 2.45) is 0 Å². The zero-order valence-corrected chi connectivity index (χ0v) is 18.5. The number of nitrogens with one attached hydrogen (secondary N) is 3. The quantitative estimate of drug-likeness (QED) is 0.289. The maximum absolute atomic E-state index is 12.7. The number of benzene rings is 2. The lowest BCUT2D eigenvalue weighted by molar-refractivity contribution is -0.147. The molecule has 10 heteroatoms. The number of carboxylic acids is 1. The second kappa shape index (κ2) is 11.7. The summed E-state index contributed by atoms with van der Waals surface area (Å²) in [6.07, 6.45) is -1.52. The summed E-state index contributed by atoms with van der Waals surface area (Å²) < 4.78 is 4.73. The predicted molar refractivity (Wildman–Crippen MR) is 124 cm³/mol. The molecule has 3 rings (SSSR count). The van der Waals surface area contributed by atoms with Gasteiger partial charge in [0.15, 0.2) is 11.9 Å². The van der Waals surface area contributed by atoms with Gasteiger partial charge in [0.2, 0.25) is 0 Å². The number of rotatable bonds is 11. The summed E-state index contributed by atoms with van der Waals surface area (Å²) in [7, 11) is 1.38. The summed E-state index contributed by atoms with van der Waals surface area (Å²) >= 11 is 0. The van der Waals surface area contributed by atoms with E-state index in [0.717, 1.165) is 16.7 Å². The number of carbonyl (C=O) groups is 3. The number of aliphatic carboxylic acids is 1. The average Bonchev–Trinajstić information content (AvgIpc) is 3.28. The van der Waals surface area contributed by atoms with Gasteiger partial charge in [-0.05, 0) is 23.1 Å². The minimum atomic E-state index is -1.64. The highest BCUT2D eigenvalue weighted by Crippen LogP contribution is 2.20. The summed E-state index contributed by atoms with van der Waals surface area (Å²) in [5, 5.41) is 30.6. The third-order valence-electron chi connectivity index (χ3n) is 5.04. The van der Waals surface area contributed by atoms with E-state index in [1.54, 1.807) is 0 Å². The molecular formula is C24H26N4O6. The van der Waals surface area contributed by atoms with E-state index in [1.807, 2.05) is 54.6 Å². The van der Waals surface area contributed by atoms with E-state index >= 15 is 0 Å². The molecule has 2 atom stereocenters. The van der Waals surface area contributed by atoms with E-state index in [1.165, 1.54) is 13.2 Å². The smallest absolute Gasteiger partial charge is 0.332 e. The van der Waals surface area contributed by atoms with Crippen LogP contribution in [0.3, 0.4) is 0 Å². The molecule has 3 aromatic rings. The van der Waals surface area contributed by atoms with Crippen LogP contribution in [0, 0.1) is 0 Å². The Kier molecular flexibility index (Phi) is 8.49. The van der Waals surface area contributed by atoms with Gasteiger partial charge in [0.1, 0.15) is 12.3 Å². The second-order valence-electron chi connectivity index (χ2n) is 7.68. The monoisotopic (exact) mass is 466 g/mol. The molecule has 178 valence electrons. The number of methoxy groups -OCH3 is 1. The molecule has 5 N–H and O–H groups in total. The molecular weight excluding hydrogens is 440 g/mol. The molecule has 0 radical (unpaired) electrons. The standard InChI is InChI=1S/C24H26N4O6/c1-34-14-22(30)26-21-13-19(27-28-21)23(31)25-18(12-20(29)24(32)33)11-15-7-9-17(10-8-15)16-5-3-2-4-6-16/h2-10,13,18,20,29H,11-12,14H2,1H3,(H,25,31)(H,32,33)(H2,26,27,28,30)/t18?,20-/m1/s1. The van der Waals surface area contributed by atoms with Crippen molar-refractivity contribution in [3.05, 3.63) is 71.9 Å². The van der Waals surface area contributed by atoms with Gasteiger partial charge >= 0.3 is 5.97 Å². The van der Waals surface area contributed by atoms with Crippen molar-refractivity contribution in [3.8, 4) is 11.1 Å². The molecule has 2 aromatic carbocycles. The molecule has 10 nitrogen and oxygen atoms in total. The molecule has 1 heterocycles. The number of carboxylic acid groups (broad SMARTS) is 1. The first-order valence-corrected chi connectivity index (χ1v) is 10.6. The number of H-pyrrole nitrogens is 1. The van der Waals surface area contributed by atoms with E-state index in [-0.39, 0.29) is 24.5 Å². The van der Waals surface area contributed by atoms with Crippen LogP contribution in [0.5, 0.6) is 0 Å². The van der Waals surface area contributed by atoms with Crippen molar-refractivity contribution in [2.45, 2.75) is 25.0 Å². The van der Waals surface area contributed by atoms with E-state index in [0.29, 0.717) is 6.42 Å². The molecule has 34 heavy (non-hydrogen) atoms. The molecule has 0 aliphatic rings. The zero-order chi connectivity index (χ0) is 24.5. The average molecular weight is 466 g/mol. The van der Waals surface area contributed by atoms with Gasteiger partial charge in [0.05, 0.1) is 0 Å². The number of aliphatic hydroxyl groups excluding tert-OH is 1. The molecule has 0 fully saturated rings. The van der Waals surface area contributed by atoms with Crippen LogP contribution in [0.15, 0.2) is 60.7 Å². The normalized spacial score (nSPS) is 12.5. The highest BCUT2D eigenvalue weighted by molar-refractivity contribution is 5.95. The lowest BCUT2D eigenvalue weighted by Gasteiger charge is -2.20. The van der Waals surface area contributed by atoms with Gasteiger partial charge in [-0.1, -0.05) is 54.6 Å². The number of hydrogen-bond acceptors (Lipinski definition) is 6. The van der Waals surface area contributed by atoms with Gasteiger partial charge in [-0.15, -0.1) is 0 Å². The largest absolute Gasteiger partial charge is 0.479 e. The van der Waals surface area contributed by atoms with Crippen LogP contribution >= 0.6 is 0 Å². The fraction of sp³-hybridized carbons (Fsp3) is 0.250. The molecule has 2 amide bonds. The van der Waals surface area contributed by atoms with E-state index < -0.39 is 29.9 Å². The molecule has 0 saturated heterocycles. The molecule has 0 aliphatic heterocycles. The number of aromatic nitrogens is 2. The minimum Gasteiger partial charge on any atom is -0.479 e. The first-order valence-electron chi connectivity index (χ1n) is 10.6. The fourth-order valence-corrected chi connectivity index (χ4v) is 3.39. The van der Waals surface area contributed by atoms with Gasteiger partial charge in [0.25, 0.3) is 11.8 Å². The van der Waals surface area contributed by atoms with Crippen LogP contribution in [-0.2, 0) is 20.7 Å². The van der Waals surface area contributed by atoms with E-state index in [2.05, 4.69) is 20.8 Å². The molecule has 0 aliphatic carbocycles. The molecule has 0 spiro atoms. The van der Waals surface area contributed by atoms with Crippen LogP contribution in [0.1, 0.15) is 22.5 Å². The number of hydrogen-bond donors (Lipinski definition) is 5. The lowest BCUT2D eigenvalue weighted by Crippen LogP contribution is -2.40. The minimum absolute atomic E-state index is 0.0713. The number of amides is 2. The Morgan fingerprint density at radius 3 is 2.38 bits per heavy atom. The maximum atomic E-state index is 12.7. The Bertz CT molecular complexity index is 1110. The Morgan fingerprint density at radius 2 is 1.74 bits per heavy atom. The highest BCUT2D eigenvalue weighted by Gasteiger charge is 2.23. The maximum Gasteiger partial charge on any atom is 0.332 e. The molecule has 0 bridgehead atoms. The van der Waals surface area contributed by atoms with Crippen molar-refractivity contribution in [3.63, 3.8) is 0 Å². The number of carbonyl (C=O) groups excluding carboxylic acids is 2. The van der Waals surface area contributed by atoms with Gasteiger partial charge in [0, 0.05) is 25.6 Å². The van der Waals surface area contributed by atoms with E-state index in [4.69, 9.17) is 9.84 Å². The van der Waals surface area contributed by atoms with Crippen molar-refractivity contribution < 1.29 is 29.3 Å². The van der Waals surface area contributed by atoms with Crippen LogP contribution in [-0.4, -0.2) is 64.1 Å². The SMILES string of the molecule is COCC(=O)Nc1cc(C(=O)NC(Cc2ccc(-c3ccccc3)cc2)C[C@@H](O)C(=O)O)[nH]n1. The third-order valence-corrected chi connectivity index (χ3v) is 5.04. The highest BCUT2D eigenvalue weighted by atomic mass is 16.5. The third kappa shape index (κ3) is 6.99. The number of nitrogens with zero attached hydrogens (tertiary/aromatic N) is 1. The van der Waals surface area contributed by atoms with Crippen LogP contribution in [0.2, 0.25) is 0 Å². The van der Waals surface area contributed by atoms with Crippen LogP contribution in [0.4, 0.5) is 5.82 Å². The Labute approximate surface area is 196 Å². The summed E-state index contributed by atoms with van der Waals surface area (Å²) in [4.78, 5) is 35.5. The number of aromatic amines is 1. The molecule has 0 saturated carbocycles. The van der Waals surface area contributed by atoms with Gasteiger partial charge < -0.3 is 25.6 Å². The summed E-state index contributed by atoms with van der Waals surface area (Å²) in [6, 6.07) is 18.2. The predicted octanol–water partition coefficient (Wildman–Crippen LogP) is 1.84. The lowest BCUT2D eigenvalue weighted by atomic mass is 9.97. The first-order chi connectivity index (χ1) is 16.4. The summed E-state index contributed by atoms with van der Waals surface area (Å²) in [5.74, 6) is -2.21. The van der Waals surface area contributed by atoms with Crippen molar-refractivity contribution in [2.75, 3.05) is 19.0 Å². The van der Waals surface area contributed by atoms with Gasteiger partial charge in [-0.3, -0.25) is 14.7 Å². The van der Waals surface area contributed by atoms with E-state index in [9.17, 15) is 19.5 Å². The zero-order valence-electron chi connectivity index (χ0n) is 18.5. The first kappa shape index (κ1) is 24.6. The Balaban J connectivity index is 1.69.